The summed E-state index contributed by atoms with van der Waals surface area (Å²) in [5.74, 6) is -0.290. The van der Waals surface area contributed by atoms with Crippen LogP contribution in [0, 0.1) is 6.92 Å². The first-order valence-corrected chi connectivity index (χ1v) is 6.26. The Balaban J connectivity index is 2.29. The van der Waals surface area contributed by atoms with Crippen LogP contribution >= 0.6 is 15.9 Å². The molecule has 0 fully saturated rings. The Morgan fingerprint density at radius 2 is 2.10 bits per heavy atom. The van der Waals surface area contributed by atoms with E-state index in [-0.39, 0.29) is 10.0 Å². The fourth-order valence-electron chi connectivity index (χ4n) is 1.54. The van der Waals surface area contributed by atoms with Gasteiger partial charge >= 0.3 is 6.18 Å². The minimum atomic E-state index is -4.53. The van der Waals surface area contributed by atoms with Crippen molar-refractivity contribution >= 4 is 27.7 Å². The zero-order valence-corrected chi connectivity index (χ0v) is 11.8. The number of aromatic amines is 1. The molecule has 0 saturated heterocycles. The quantitative estimate of drug-likeness (QED) is 0.869. The van der Waals surface area contributed by atoms with Crippen LogP contribution in [0.3, 0.4) is 0 Å². The van der Waals surface area contributed by atoms with Gasteiger partial charge in [0.2, 0.25) is 0 Å². The molecule has 1 aromatic carbocycles. The van der Waals surface area contributed by atoms with Crippen LogP contribution in [0.4, 0.5) is 19.0 Å². The number of benzene rings is 1. The second kappa shape index (κ2) is 5.28. The van der Waals surface area contributed by atoms with Gasteiger partial charge in [-0.15, -0.1) is 0 Å². The van der Waals surface area contributed by atoms with E-state index >= 15 is 0 Å². The number of anilines is 1. The summed E-state index contributed by atoms with van der Waals surface area (Å²) in [4.78, 5) is 11.9. The van der Waals surface area contributed by atoms with Gasteiger partial charge in [-0.05, 0) is 25.1 Å². The number of aromatic nitrogens is 2. The average molecular weight is 348 g/mol. The van der Waals surface area contributed by atoms with Crippen LogP contribution in [0.5, 0.6) is 0 Å². The maximum absolute atomic E-state index is 12.8. The number of hydrogen-bond acceptors (Lipinski definition) is 2. The number of rotatable bonds is 2. The number of nitrogens with one attached hydrogen (secondary N) is 2. The van der Waals surface area contributed by atoms with Gasteiger partial charge in [-0.25, -0.2) is 0 Å². The third kappa shape index (κ3) is 3.01. The van der Waals surface area contributed by atoms with Crippen molar-refractivity contribution in [3.8, 4) is 0 Å². The molecule has 1 amide bonds. The fourth-order valence-corrected chi connectivity index (χ4v) is 2.01. The molecule has 0 spiro atoms. The van der Waals surface area contributed by atoms with Crippen LogP contribution < -0.4 is 5.32 Å². The molecule has 1 aromatic heterocycles. The third-order valence-electron chi connectivity index (χ3n) is 2.60. The second-order valence-electron chi connectivity index (χ2n) is 4.07. The molecule has 2 rings (SSSR count). The maximum Gasteiger partial charge on any atom is 0.417 e. The molecule has 0 radical (unpaired) electrons. The number of H-pyrrole nitrogens is 1. The van der Waals surface area contributed by atoms with Gasteiger partial charge in [0.15, 0.2) is 0 Å². The van der Waals surface area contributed by atoms with Gasteiger partial charge in [0, 0.05) is 15.6 Å². The molecule has 0 aliphatic heterocycles. The number of carbonyl (C=O) groups is 1. The van der Waals surface area contributed by atoms with Crippen molar-refractivity contribution < 1.29 is 18.0 Å². The molecular formula is C12H9BrF3N3O. The molecule has 2 aromatic rings. The van der Waals surface area contributed by atoms with E-state index in [0.717, 1.165) is 6.07 Å². The molecule has 20 heavy (non-hydrogen) atoms. The highest BCUT2D eigenvalue weighted by molar-refractivity contribution is 9.10. The molecule has 0 atom stereocenters. The van der Waals surface area contributed by atoms with E-state index in [4.69, 9.17) is 0 Å². The topological polar surface area (TPSA) is 57.8 Å². The van der Waals surface area contributed by atoms with Gasteiger partial charge in [-0.1, -0.05) is 15.9 Å². The lowest BCUT2D eigenvalue weighted by Crippen LogP contribution is -2.15. The van der Waals surface area contributed by atoms with Crippen LogP contribution in [0.1, 0.15) is 21.5 Å². The van der Waals surface area contributed by atoms with Crippen LogP contribution in [0.25, 0.3) is 0 Å². The number of alkyl halides is 3. The van der Waals surface area contributed by atoms with Crippen molar-refractivity contribution in [2.24, 2.45) is 0 Å². The van der Waals surface area contributed by atoms with Crippen molar-refractivity contribution in [3.05, 3.63) is 45.6 Å². The Labute approximate surface area is 120 Å². The molecule has 0 aliphatic rings. The van der Waals surface area contributed by atoms with Gasteiger partial charge < -0.3 is 5.32 Å². The Morgan fingerprint density at radius 1 is 1.40 bits per heavy atom. The average Bonchev–Trinajstić information content (AvgIpc) is 2.74. The molecule has 2 N–H and O–H groups in total. The summed E-state index contributed by atoms with van der Waals surface area (Å²) in [6, 6.07) is 3.29. The van der Waals surface area contributed by atoms with E-state index in [9.17, 15) is 18.0 Å². The Morgan fingerprint density at radius 3 is 2.65 bits per heavy atom. The smallest absolute Gasteiger partial charge is 0.307 e. The normalized spacial score (nSPS) is 11.4. The van der Waals surface area contributed by atoms with E-state index in [1.54, 1.807) is 6.92 Å². The molecular weight excluding hydrogens is 339 g/mol. The number of halogens is 4. The van der Waals surface area contributed by atoms with Crippen molar-refractivity contribution in [2.75, 3.05) is 5.32 Å². The van der Waals surface area contributed by atoms with E-state index in [1.807, 2.05) is 0 Å². The zero-order valence-electron chi connectivity index (χ0n) is 10.2. The minimum Gasteiger partial charge on any atom is -0.307 e. The monoisotopic (exact) mass is 347 g/mol. The van der Waals surface area contributed by atoms with Gasteiger partial charge in [0.05, 0.1) is 11.8 Å². The molecule has 0 saturated carbocycles. The summed E-state index contributed by atoms with van der Waals surface area (Å²) in [6.07, 6.45) is -3.03. The largest absolute Gasteiger partial charge is 0.417 e. The second-order valence-corrected chi connectivity index (χ2v) is 4.93. The molecule has 106 valence electrons. The van der Waals surface area contributed by atoms with Crippen LogP contribution in [-0.4, -0.2) is 16.1 Å². The highest BCUT2D eigenvalue weighted by Crippen LogP contribution is 2.35. The zero-order chi connectivity index (χ0) is 14.9. The van der Waals surface area contributed by atoms with Crippen molar-refractivity contribution in [3.63, 3.8) is 0 Å². The SMILES string of the molecule is Cc1cn[nH]c1NC(=O)c1ccc(Br)c(C(F)(F)F)c1. The van der Waals surface area contributed by atoms with Crippen LogP contribution in [0.2, 0.25) is 0 Å². The highest BCUT2D eigenvalue weighted by Gasteiger charge is 2.33. The van der Waals surface area contributed by atoms with Gasteiger partial charge in [0.25, 0.3) is 5.91 Å². The number of hydrogen-bond donors (Lipinski definition) is 2. The molecule has 8 heteroatoms. The predicted octanol–water partition coefficient (Wildman–Crippen LogP) is 3.75. The Kier molecular flexibility index (Phi) is 3.85. The summed E-state index contributed by atoms with van der Waals surface area (Å²) >= 11 is 2.82. The Hall–Kier alpha value is -1.83. The molecule has 4 nitrogen and oxygen atoms in total. The van der Waals surface area contributed by atoms with Gasteiger partial charge in [-0.2, -0.15) is 18.3 Å². The standard InChI is InChI=1S/C12H9BrF3N3O/c1-6-5-17-19-10(6)18-11(20)7-2-3-9(13)8(4-7)12(14,15)16/h2-5H,1H3,(H2,17,18,19,20). The number of nitrogens with zero attached hydrogens (tertiary/aromatic N) is 1. The van der Waals surface area contributed by atoms with Crippen molar-refractivity contribution in [1.29, 1.82) is 0 Å². The molecule has 0 aliphatic carbocycles. The summed E-state index contributed by atoms with van der Waals surface area (Å²) in [5, 5.41) is 8.73. The van der Waals surface area contributed by atoms with Crippen LogP contribution in [-0.2, 0) is 6.18 Å². The summed E-state index contributed by atoms with van der Waals surface area (Å²) in [5.41, 5.74) is -0.299. The lowest BCUT2D eigenvalue weighted by atomic mass is 10.1. The summed E-state index contributed by atoms with van der Waals surface area (Å²) in [7, 11) is 0. The first-order chi connectivity index (χ1) is 9.29. The van der Waals surface area contributed by atoms with E-state index in [1.165, 1.54) is 18.3 Å². The number of carbonyl (C=O) groups excluding carboxylic acids is 1. The molecule has 0 bridgehead atoms. The minimum absolute atomic E-state index is 0.0884. The molecule has 1 heterocycles. The lowest BCUT2D eigenvalue weighted by Gasteiger charge is -2.11. The lowest BCUT2D eigenvalue weighted by molar-refractivity contribution is -0.138. The first kappa shape index (κ1) is 14.6. The van der Waals surface area contributed by atoms with E-state index in [2.05, 4.69) is 31.4 Å². The van der Waals surface area contributed by atoms with Crippen LogP contribution in [0.15, 0.2) is 28.9 Å². The van der Waals surface area contributed by atoms with Crippen molar-refractivity contribution in [1.82, 2.24) is 10.2 Å². The first-order valence-electron chi connectivity index (χ1n) is 5.47. The summed E-state index contributed by atoms with van der Waals surface area (Å²) in [6.45, 7) is 1.71. The number of amides is 1. The maximum atomic E-state index is 12.8. The molecule has 0 unspecified atom stereocenters. The van der Waals surface area contributed by atoms with Crippen molar-refractivity contribution in [2.45, 2.75) is 13.1 Å². The van der Waals surface area contributed by atoms with Gasteiger partial charge in [-0.3, -0.25) is 9.89 Å². The van der Waals surface area contributed by atoms with E-state index in [0.29, 0.717) is 11.4 Å². The fraction of sp³-hybridized carbons (Fsp3) is 0.167. The van der Waals surface area contributed by atoms with E-state index < -0.39 is 17.6 Å². The Bertz CT molecular complexity index is 652. The third-order valence-corrected chi connectivity index (χ3v) is 3.29. The highest BCUT2D eigenvalue weighted by atomic mass is 79.9. The van der Waals surface area contributed by atoms with Gasteiger partial charge in [0.1, 0.15) is 5.82 Å². The number of aryl methyl sites for hydroxylation is 1. The predicted molar refractivity (Wildman–Crippen MR) is 70.4 cm³/mol. The summed E-state index contributed by atoms with van der Waals surface area (Å²) < 4.78 is 38.2.